The van der Waals surface area contributed by atoms with Gasteiger partial charge in [-0.1, -0.05) is 25.3 Å². The molecule has 1 saturated carbocycles. The number of benzene rings is 1. The second kappa shape index (κ2) is 6.88. The van der Waals surface area contributed by atoms with Gasteiger partial charge in [-0.3, -0.25) is 4.98 Å². The Balaban J connectivity index is 1.34. The molecule has 1 N–H and O–H groups in total. The SMILES string of the molecule is c1cc2cc(NC3CCN(CC4CCCCC4)C3)ccc2cn1. The topological polar surface area (TPSA) is 28.2 Å². The Morgan fingerprint density at radius 3 is 2.87 bits per heavy atom. The van der Waals surface area contributed by atoms with Crippen molar-refractivity contribution in [2.45, 2.75) is 44.6 Å². The second-order valence-electron chi connectivity index (χ2n) is 7.33. The van der Waals surface area contributed by atoms with Gasteiger partial charge in [-0.15, -0.1) is 0 Å². The molecule has 3 nitrogen and oxygen atoms in total. The van der Waals surface area contributed by atoms with Gasteiger partial charge < -0.3 is 10.2 Å². The highest BCUT2D eigenvalue weighted by Crippen LogP contribution is 2.26. The number of likely N-dealkylation sites (tertiary alicyclic amines) is 1. The summed E-state index contributed by atoms with van der Waals surface area (Å²) in [4.78, 5) is 6.86. The van der Waals surface area contributed by atoms with Crippen molar-refractivity contribution in [3.8, 4) is 0 Å². The molecule has 1 atom stereocenters. The van der Waals surface area contributed by atoms with Crippen LogP contribution in [-0.4, -0.2) is 35.6 Å². The monoisotopic (exact) mass is 309 g/mol. The van der Waals surface area contributed by atoms with E-state index < -0.39 is 0 Å². The van der Waals surface area contributed by atoms with E-state index >= 15 is 0 Å². The van der Waals surface area contributed by atoms with Crippen molar-refractivity contribution >= 4 is 16.5 Å². The van der Waals surface area contributed by atoms with Crippen molar-refractivity contribution in [2.24, 2.45) is 5.92 Å². The van der Waals surface area contributed by atoms with Crippen LogP contribution in [0.3, 0.4) is 0 Å². The molecule has 1 unspecified atom stereocenters. The second-order valence-corrected chi connectivity index (χ2v) is 7.33. The first kappa shape index (κ1) is 14.9. The molecule has 23 heavy (non-hydrogen) atoms. The first-order chi connectivity index (χ1) is 11.4. The maximum Gasteiger partial charge on any atom is 0.0400 e. The smallest absolute Gasteiger partial charge is 0.0400 e. The van der Waals surface area contributed by atoms with Gasteiger partial charge in [-0.2, -0.15) is 0 Å². The van der Waals surface area contributed by atoms with Crippen LogP contribution in [0, 0.1) is 5.92 Å². The van der Waals surface area contributed by atoms with Crippen LogP contribution in [0.1, 0.15) is 38.5 Å². The maximum atomic E-state index is 4.18. The van der Waals surface area contributed by atoms with E-state index in [4.69, 9.17) is 0 Å². The number of nitrogens with zero attached hydrogens (tertiary/aromatic N) is 2. The fraction of sp³-hybridized carbons (Fsp3) is 0.550. The normalized spacial score (nSPS) is 23.4. The minimum absolute atomic E-state index is 0.595. The summed E-state index contributed by atoms with van der Waals surface area (Å²) < 4.78 is 0. The maximum absolute atomic E-state index is 4.18. The van der Waals surface area contributed by atoms with Crippen LogP contribution in [0.4, 0.5) is 5.69 Å². The van der Waals surface area contributed by atoms with Crippen molar-refractivity contribution < 1.29 is 0 Å². The fourth-order valence-corrected chi connectivity index (χ4v) is 4.26. The van der Waals surface area contributed by atoms with E-state index in [-0.39, 0.29) is 0 Å². The quantitative estimate of drug-likeness (QED) is 0.912. The first-order valence-corrected chi connectivity index (χ1v) is 9.19. The van der Waals surface area contributed by atoms with Gasteiger partial charge in [-0.05, 0) is 48.8 Å². The lowest BCUT2D eigenvalue weighted by Crippen LogP contribution is -2.31. The van der Waals surface area contributed by atoms with Crippen molar-refractivity contribution in [1.82, 2.24) is 9.88 Å². The van der Waals surface area contributed by atoms with Gasteiger partial charge in [-0.25, -0.2) is 0 Å². The molecule has 1 aliphatic heterocycles. The highest BCUT2D eigenvalue weighted by atomic mass is 15.2. The number of anilines is 1. The largest absolute Gasteiger partial charge is 0.381 e. The number of nitrogens with one attached hydrogen (secondary N) is 1. The van der Waals surface area contributed by atoms with Crippen molar-refractivity contribution in [3.63, 3.8) is 0 Å². The van der Waals surface area contributed by atoms with E-state index in [1.54, 1.807) is 0 Å². The number of pyridine rings is 1. The van der Waals surface area contributed by atoms with Gasteiger partial charge in [0, 0.05) is 49.1 Å². The zero-order valence-electron chi connectivity index (χ0n) is 13.9. The van der Waals surface area contributed by atoms with Crippen LogP contribution in [0.2, 0.25) is 0 Å². The summed E-state index contributed by atoms with van der Waals surface area (Å²) in [6, 6.07) is 9.29. The van der Waals surface area contributed by atoms with E-state index in [0.29, 0.717) is 6.04 Å². The molecule has 4 rings (SSSR count). The molecule has 2 fully saturated rings. The lowest BCUT2D eigenvalue weighted by Gasteiger charge is -2.26. The fourth-order valence-electron chi connectivity index (χ4n) is 4.26. The Labute approximate surface area is 139 Å². The first-order valence-electron chi connectivity index (χ1n) is 9.19. The molecule has 2 heterocycles. The molecule has 3 heteroatoms. The van der Waals surface area contributed by atoms with Gasteiger partial charge in [0.05, 0.1) is 0 Å². The molecule has 0 amide bonds. The zero-order valence-corrected chi connectivity index (χ0v) is 13.9. The number of aromatic nitrogens is 1. The van der Waals surface area contributed by atoms with E-state index in [9.17, 15) is 0 Å². The predicted molar refractivity (Wildman–Crippen MR) is 96.8 cm³/mol. The summed E-state index contributed by atoms with van der Waals surface area (Å²) in [5.41, 5.74) is 1.24. The van der Waals surface area contributed by atoms with Crippen molar-refractivity contribution in [2.75, 3.05) is 25.0 Å². The highest BCUT2D eigenvalue weighted by Gasteiger charge is 2.25. The highest BCUT2D eigenvalue weighted by molar-refractivity contribution is 5.84. The van der Waals surface area contributed by atoms with Gasteiger partial charge in [0.25, 0.3) is 0 Å². The molecule has 0 bridgehead atoms. The summed E-state index contributed by atoms with van der Waals surface area (Å²) in [6.07, 6.45) is 12.3. The third-order valence-corrected chi connectivity index (χ3v) is 5.52. The summed E-state index contributed by atoms with van der Waals surface area (Å²) in [7, 11) is 0. The summed E-state index contributed by atoms with van der Waals surface area (Å²) in [5, 5.41) is 6.22. The van der Waals surface area contributed by atoms with E-state index in [2.05, 4.69) is 39.5 Å². The summed E-state index contributed by atoms with van der Waals surface area (Å²) in [6.45, 7) is 3.78. The van der Waals surface area contributed by atoms with Crippen LogP contribution in [0.25, 0.3) is 10.8 Å². The molecule has 0 spiro atoms. The van der Waals surface area contributed by atoms with Crippen LogP contribution >= 0.6 is 0 Å². The van der Waals surface area contributed by atoms with Crippen LogP contribution in [-0.2, 0) is 0 Å². The van der Waals surface area contributed by atoms with Gasteiger partial charge in [0.1, 0.15) is 0 Å². The van der Waals surface area contributed by atoms with Crippen molar-refractivity contribution in [1.29, 1.82) is 0 Å². The molecule has 1 aliphatic carbocycles. The number of rotatable bonds is 4. The minimum atomic E-state index is 0.595. The summed E-state index contributed by atoms with van der Waals surface area (Å²) >= 11 is 0. The molecular formula is C20H27N3. The van der Waals surface area contributed by atoms with E-state index in [1.165, 1.54) is 74.6 Å². The molecule has 1 saturated heterocycles. The van der Waals surface area contributed by atoms with E-state index in [0.717, 1.165) is 5.92 Å². The number of fused-ring (bicyclic) bond motifs is 1. The molecule has 1 aromatic carbocycles. The Hall–Kier alpha value is -1.61. The van der Waals surface area contributed by atoms with Gasteiger partial charge in [0.2, 0.25) is 0 Å². The van der Waals surface area contributed by atoms with Crippen LogP contribution < -0.4 is 5.32 Å². The Kier molecular flexibility index (Phi) is 4.47. The lowest BCUT2D eigenvalue weighted by atomic mass is 9.89. The lowest BCUT2D eigenvalue weighted by molar-refractivity contribution is 0.233. The average Bonchev–Trinajstić information content (AvgIpc) is 3.02. The Morgan fingerprint density at radius 2 is 1.96 bits per heavy atom. The van der Waals surface area contributed by atoms with E-state index in [1.807, 2.05) is 12.4 Å². The number of hydrogen-bond acceptors (Lipinski definition) is 3. The molecule has 1 aromatic heterocycles. The Morgan fingerprint density at radius 1 is 1.04 bits per heavy atom. The van der Waals surface area contributed by atoms with Crippen molar-refractivity contribution in [3.05, 3.63) is 36.7 Å². The molecule has 0 radical (unpaired) electrons. The zero-order chi connectivity index (χ0) is 15.5. The molecule has 2 aromatic rings. The summed E-state index contributed by atoms with van der Waals surface area (Å²) in [5.74, 6) is 0.954. The van der Waals surface area contributed by atoms with Gasteiger partial charge in [0.15, 0.2) is 0 Å². The van der Waals surface area contributed by atoms with Crippen LogP contribution in [0.5, 0.6) is 0 Å². The molecule has 122 valence electrons. The molecular weight excluding hydrogens is 282 g/mol. The predicted octanol–water partition coefficient (Wildman–Crippen LogP) is 4.30. The number of hydrogen-bond donors (Lipinski definition) is 1. The standard InChI is InChI=1S/C20H27N3/c1-2-4-16(5-3-1)14-23-11-9-20(15-23)22-19-7-6-18-13-21-10-8-17(18)12-19/h6-8,10,12-13,16,20,22H,1-5,9,11,14-15H2. The Bertz CT molecular complexity index is 648. The third kappa shape index (κ3) is 3.66. The minimum Gasteiger partial charge on any atom is -0.381 e. The van der Waals surface area contributed by atoms with Crippen LogP contribution in [0.15, 0.2) is 36.7 Å². The third-order valence-electron chi connectivity index (χ3n) is 5.52. The molecule has 2 aliphatic rings. The average molecular weight is 309 g/mol. The van der Waals surface area contributed by atoms with Gasteiger partial charge >= 0.3 is 0 Å².